The molecule has 1 aliphatic rings. The summed E-state index contributed by atoms with van der Waals surface area (Å²) in [7, 11) is 0. The fourth-order valence-corrected chi connectivity index (χ4v) is 2.18. The Hall–Kier alpha value is -1.16. The smallest absolute Gasteiger partial charge is 0.158 e. The van der Waals surface area contributed by atoms with Gasteiger partial charge < -0.3 is 4.52 Å². The van der Waals surface area contributed by atoms with Gasteiger partial charge in [0, 0.05) is 24.6 Å². The molecule has 106 valence electrons. The minimum absolute atomic E-state index is 0.0682. The Labute approximate surface area is 115 Å². The van der Waals surface area contributed by atoms with Crippen LogP contribution in [0.4, 0.5) is 0 Å². The zero-order chi connectivity index (χ0) is 14.3. The van der Waals surface area contributed by atoms with E-state index in [-0.39, 0.29) is 16.7 Å². The molecule has 0 spiro atoms. The maximum absolute atomic E-state index is 12.4. The predicted octanol–water partition coefficient (Wildman–Crippen LogP) is 2.57. The fourth-order valence-electron chi connectivity index (χ4n) is 2.18. The van der Waals surface area contributed by atoms with Crippen molar-refractivity contribution in [3.8, 4) is 0 Å². The number of nitrogens with zero attached hydrogens (tertiary/aromatic N) is 2. The summed E-state index contributed by atoms with van der Waals surface area (Å²) in [6.07, 6.45) is 1.54. The zero-order valence-electron chi connectivity index (χ0n) is 12.6. The molecule has 0 bridgehead atoms. The van der Waals surface area contributed by atoms with Crippen LogP contribution in [0.2, 0.25) is 0 Å². The number of aromatic nitrogens is 1. The van der Waals surface area contributed by atoms with E-state index in [4.69, 9.17) is 4.52 Å². The van der Waals surface area contributed by atoms with Crippen molar-refractivity contribution < 1.29 is 9.32 Å². The summed E-state index contributed by atoms with van der Waals surface area (Å²) in [5.74, 6) is 1.04. The minimum Gasteiger partial charge on any atom is -0.361 e. The van der Waals surface area contributed by atoms with E-state index in [2.05, 4.69) is 30.8 Å². The average Bonchev–Trinajstić information content (AvgIpc) is 2.61. The zero-order valence-corrected chi connectivity index (χ0v) is 12.6. The van der Waals surface area contributed by atoms with Crippen LogP contribution in [0.5, 0.6) is 0 Å². The Morgan fingerprint density at radius 1 is 1.32 bits per heavy atom. The average molecular weight is 264 g/mol. The van der Waals surface area contributed by atoms with E-state index in [0.717, 1.165) is 24.5 Å². The summed E-state index contributed by atoms with van der Waals surface area (Å²) in [4.78, 5) is 14.6. The second-order valence-corrected chi connectivity index (χ2v) is 6.93. The van der Waals surface area contributed by atoms with Crippen molar-refractivity contribution in [2.45, 2.75) is 58.4 Å². The summed E-state index contributed by atoms with van der Waals surface area (Å²) >= 11 is 0. The Morgan fingerprint density at radius 2 is 1.95 bits per heavy atom. The lowest BCUT2D eigenvalue weighted by atomic mass is 9.89. The molecule has 1 saturated heterocycles. The standard InChI is InChI=1S/C15H24N2O2/c1-14(2,3)13-10-11(16-19-13)9-12(18)15(4,5)17-7-6-8-17/h10H,6-9H2,1-5H3. The number of ketones is 1. The number of Topliss-reactive ketones (excluding diaryl/α,β-unsaturated/α-hetero) is 1. The van der Waals surface area contributed by atoms with Crippen LogP contribution in [-0.4, -0.2) is 34.5 Å². The van der Waals surface area contributed by atoms with Crippen LogP contribution in [0, 0.1) is 0 Å². The van der Waals surface area contributed by atoms with Crippen LogP contribution in [-0.2, 0) is 16.6 Å². The molecule has 2 rings (SSSR count). The van der Waals surface area contributed by atoms with Gasteiger partial charge in [-0.25, -0.2) is 0 Å². The maximum Gasteiger partial charge on any atom is 0.158 e. The lowest BCUT2D eigenvalue weighted by Crippen LogP contribution is -2.56. The van der Waals surface area contributed by atoms with Crippen molar-refractivity contribution in [3.05, 3.63) is 17.5 Å². The van der Waals surface area contributed by atoms with Gasteiger partial charge in [0.2, 0.25) is 0 Å². The highest BCUT2D eigenvalue weighted by atomic mass is 16.5. The monoisotopic (exact) mass is 264 g/mol. The third-order valence-electron chi connectivity index (χ3n) is 3.97. The number of hydrogen-bond donors (Lipinski definition) is 0. The van der Waals surface area contributed by atoms with Gasteiger partial charge >= 0.3 is 0 Å². The Kier molecular flexibility index (Phi) is 3.56. The maximum atomic E-state index is 12.4. The molecule has 0 atom stereocenters. The van der Waals surface area contributed by atoms with Gasteiger partial charge in [0.05, 0.1) is 17.7 Å². The quantitative estimate of drug-likeness (QED) is 0.838. The Bertz CT molecular complexity index is 465. The fraction of sp³-hybridized carbons (Fsp3) is 0.733. The lowest BCUT2D eigenvalue weighted by Gasteiger charge is -2.43. The van der Waals surface area contributed by atoms with E-state index in [1.54, 1.807) is 0 Å². The van der Waals surface area contributed by atoms with Crippen molar-refractivity contribution in [3.63, 3.8) is 0 Å². The summed E-state index contributed by atoms with van der Waals surface area (Å²) in [5.41, 5.74) is 0.281. The predicted molar refractivity (Wildman–Crippen MR) is 74.2 cm³/mol. The van der Waals surface area contributed by atoms with Crippen LogP contribution in [0.15, 0.2) is 10.6 Å². The van der Waals surface area contributed by atoms with Crippen LogP contribution < -0.4 is 0 Å². The molecule has 1 aromatic heterocycles. The number of hydrogen-bond acceptors (Lipinski definition) is 4. The van der Waals surface area contributed by atoms with E-state index in [0.29, 0.717) is 6.42 Å². The topological polar surface area (TPSA) is 46.3 Å². The van der Waals surface area contributed by atoms with Crippen molar-refractivity contribution in [2.24, 2.45) is 0 Å². The minimum atomic E-state index is -0.390. The molecule has 1 fully saturated rings. The molecule has 0 amide bonds. The van der Waals surface area contributed by atoms with Crippen molar-refractivity contribution in [2.75, 3.05) is 13.1 Å². The summed E-state index contributed by atoms with van der Waals surface area (Å²) in [6.45, 7) is 12.3. The molecule has 1 aromatic rings. The van der Waals surface area contributed by atoms with Crippen LogP contribution in [0.25, 0.3) is 0 Å². The van der Waals surface area contributed by atoms with Crippen LogP contribution in [0.3, 0.4) is 0 Å². The molecule has 2 heterocycles. The lowest BCUT2D eigenvalue weighted by molar-refractivity contribution is -0.131. The highest BCUT2D eigenvalue weighted by Gasteiger charge is 2.37. The highest BCUT2D eigenvalue weighted by Crippen LogP contribution is 2.26. The number of carbonyl (C=O) groups excluding carboxylic acids is 1. The van der Waals surface area contributed by atoms with Gasteiger partial charge in [0.15, 0.2) is 5.78 Å². The first kappa shape index (κ1) is 14.3. The molecular weight excluding hydrogens is 240 g/mol. The van der Waals surface area contributed by atoms with E-state index >= 15 is 0 Å². The highest BCUT2D eigenvalue weighted by molar-refractivity contribution is 5.89. The second-order valence-electron chi connectivity index (χ2n) is 6.93. The molecule has 0 radical (unpaired) electrons. The van der Waals surface area contributed by atoms with Crippen molar-refractivity contribution >= 4 is 5.78 Å². The van der Waals surface area contributed by atoms with E-state index in [1.807, 2.05) is 19.9 Å². The van der Waals surface area contributed by atoms with Crippen molar-refractivity contribution in [1.29, 1.82) is 0 Å². The summed E-state index contributed by atoms with van der Waals surface area (Å²) < 4.78 is 5.33. The third-order valence-corrected chi connectivity index (χ3v) is 3.97. The van der Waals surface area contributed by atoms with E-state index in [1.165, 1.54) is 6.42 Å². The SMILES string of the molecule is CC(C)(C)c1cc(CC(=O)C(C)(C)N2CCC2)no1. The van der Waals surface area contributed by atoms with Crippen LogP contribution in [0.1, 0.15) is 52.5 Å². The molecule has 4 heteroatoms. The van der Waals surface area contributed by atoms with Gasteiger partial charge in [-0.2, -0.15) is 0 Å². The van der Waals surface area contributed by atoms with Gasteiger partial charge in [-0.3, -0.25) is 9.69 Å². The van der Waals surface area contributed by atoms with E-state index in [9.17, 15) is 4.79 Å². The molecular formula is C15H24N2O2. The molecule has 1 aliphatic heterocycles. The Balaban J connectivity index is 2.04. The first-order chi connectivity index (χ1) is 8.71. The molecule has 19 heavy (non-hydrogen) atoms. The van der Waals surface area contributed by atoms with Crippen LogP contribution >= 0.6 is 0 Å². The van der Waals surface area contributed by atoms with Gasteiger partial charge in [-0.1, -0.05) is 25.9 Å². The number of likely N-dealkylation sites (tertiary alicyclic amines) is 1. The molecule has 0 aromatic carbocycles. The largest absolute Gasteiger partial charge is 0.361 e. The number of carbonyl (C=O) groups is 1. The second kappa shape index (κ2) is 4.75. The van der Waals surface area contributed by atoms with Gasteiger partial charge in [0.25, 0.3) is 0 Å². The first-order valence-electron chi connectivity index (χ1n) is 6.95. The molecule has 0 saturated carbocycles. The first-order valence-corrected chi connectivity index (χ1v) is 6.95. The van der Waals surface area contributed by atoms with Gasteiger partial charge in [-0.05, 0) is 20.3 Å². The molecule has 4 nitrogen and oxygen atoms in total. The van der Waals surface area contributed by atoms with Crippen molar-refractivity contribution in [1.82, 2.24) is 10.1 Å². The normalized spacial score (nSPS) is 17.3. The van der Waals surface area contributed by atoms with Gasteiger partial charge in [0.1, 0.15) is 5.76 Å². The number of rotatable bonds is 4. The van der Waals surface area contributed by atoms with Gasteiger partial charge in [-0.15, -0.1) is 0 Å². The summed E-state index contributed by atoms with van der Waals surface area (Å²) in [6, 6.07) is 1.91. The molecule has 0 unspecified atom stereocenters. The Morgan fingerprint density at radius 3 is 2.37 bits per heavy atom. The molecule has 0 N–H and O–H groups in total. The summed E-state index contributed by atoms with van der Waals surface area (Å²) in [5, 5.41) is 4.02. The molecule has 0 aliphatic carbocycles. The third kappa shape index (κ3) is 2.89. The van der Waals surface area contributed by atoms with E-state index < -0.39 is 0 Å².